The number of aryl methyl sites for hydroxylation is 1. The molecule has 2 aromatic rings. The molecule has 2 rings (SSSR count). The van der Waals surface area contributed by atoms with E-state index < -0.39 is 0 Å². The van der Waals surface area contributed by atoms with Crippen molar-refractivity contribution in [3.8, 4) is 0 Å². The summed E-state index contributed by atoms with van der Waals surface area (Å²) in [6, 6.07) is 13.4. The Bertz CT molecular complexity index is 596. The second-order valence-corrected chi connectivity index (χ2v) is 4.87. The van der Waals surface area contributed by atoms with Gasteiger partial charge in [0.25, 0.3) is 0 Å². The van der Waals surface area contributed by atoms with Gasteiger partial charge in [0.1, 0.15) is 4.99 Å². The van der Waals surface area contributed by atoms with Crippen LogP contribution >= 0.6 is 23.8 Å². The average molecular weight is 277 g/mol. The fraction of sp³-hybridized carbons (Fsp3) is 0.0714. The van der Waals surface area contributed by atoms with Crippen molar-refractivity contribution in [1.82, 2.24) is 0 Å². The third-order valence-corrected chi connectivity index (χ3v) is 3.09. The minimum Gasteiger partial charge on any atom is -0.389 e. The van der Waals surface area contributed by atoms with Crippen LogP contribution in [0.3, 0.4) is 0 Å². The number of hydrogen-bond donors (Lipinski definition) is 2. The Morgan fingerprint density at radius 3 is 2.61 bits per heavy atom. The lowest BCUT2D eigenvalue weighted by Crippen LogP contribution is -2.12. The Labute approximate surface area is 117 Å². The van der Waals surface area contributed by atoms with Gasteiger partial charge in [0.15, 0.2) is 0 Å². The lowest BCUT2D eigenvalue weighted by Gasteiger charge is -2.14. The standard InChI is InChI=1S/C14H13ClN2S/c1-9-4-2-7-12(14(16)18)13(9)17-11-6-3-5-10(15)8-11/h2-8,17H,1H3,(H2,16,18). The van der Waals surface area contributed by atoms with Crippen molar-refractivity contribution in [2.75, 3.05) is 5.32 Å². The minimum absolute atomic E-state index is 0.378. The smallest absolute Gasteiger partial charge is 0.106 e. The van der Waals surface area contributed by atoms with Gasteiger partial charge in [0.2, 0.25) is 0 Å². The highest BCUT2D eigenvalue weighted by Crippen LogP contribution is 2.26. The van der Waals surface area contributed by atoms with Gasteiger partial charge in [-0.15, -0.1) is 0 Å². The molecular weight excluding hydrogens is 264 g/mol. The van der Waals surface area contributed by atoms with E-state index in [9.17, 15) is 0 Å². The fourth-order valence-corrected chi connectivity index (χ4v) is 2.11. The molecule has 0 saturated heterocycles. The predicted molar refractivity (Wildman–Crippen MR) is 81.8 cm³/mol. The number of halogens is 1. The number of nitrogens with two attached hydrogens (primary N) is 1. The molecule has 2 nitrogen and oxygen atoms in total. The Hall–Kier alpha value is -1.58. The Morgan fingerprint density at radius 1 is 1.22 bits per heavy atom. The summed E-state index contributed by atoms with van der Waals surface area (Å²) in [5.41, 5.74) is 9.49. The van der Waals surface area contributed by atoms with Crippen LogP contribution in [0.15, 0.2) is 42.5 Å². The third kappa shape index (κ3) is 2.81. The molecule has 0 unspecified atom stereocenters. The molecule has 0 saturated carbocycles. The van der Waals surface area contributed by atoms with Gasteiger partial charge in [-0.1, -0.05) is 42.0 Å². The molecule has 0 radical (unpaired) electrons. The number of anilines is 2. The number of nitrogens with one attached hydrogen (secondary N) is 1. The zero-order valence-corrected chi connectivity index (χ0v) is 11.5. The second-order valence-electron chi connectivity index (χ2n) is 4.00. The van der Waals surface area contributed by atoms with Crippen LogP contribution in [0, 0.1) is 6.92 Å². The van der Waals surface area contributed by atoms with Crippen molar-refractivity contribution in [2.45, 2.75) is 6.92 Å². The molecule has 0 aromatic heterocycles. The summed E-state index contributed by atoms with van der Waals surface area (Å²) in [4.78, 5) is 0.378. The molecule has 3 N–H and O–H groups in total. The van der Waals surface area contributed by atoms with Crippen LogP contribution < -0.4 is 11.1 Å². The molecule has 0 fully saturated rings. The van der Waals surface area contributed by atoms with Gasteiger partial charge in [0.05, 0.1) is 5.69 Å². The minimum atomic E-state index is 0.378. The summed E-state index contributed by atoms with van der Waals surface area (Å²) in [6.07, 6.45) is 0. The first-order valence-electron chi connectivity index (χ1n) is 5.50. The van der Waals surface area contributed by atoms with Gasteiger partial charge in [-0.25, -0.2) is 0 Å². The number of thiocarbonyl (C=S) groups is 1. The van der Waals surface area contributed by atoms with Crippen molar-refractivity contribution in [2.24, 2.45) is 5.73 Å². The van der Waals surface area contributed by atoms with E-state index in [1.54, 1.807) is 0 Å². The number of para-hydroxylation sites is 1. The Morgan fingerprint density at radius 2 is 1.94 bits per heavy atom. The van der Waals surface area contributed by atoms with Gasteiger partial charge in [-0.2, -0.15) is 0 Å². The first-order valence-corrected chi connectivity index (χ1v) is 6.28. The third-order valence-electron chi connectivity index (χ3n) is 2.63. The topological polar surface area (TPSA) is 38.0 Å². The average Bonchev–Trinajstić information content (AvgIpc) is 2.31. The van der Waals surface area contributed by atoms with Crippen LogP contribution in [0.5, 0.6) is 0 Å². The molecule has 0 aliphatic heterocycles. The normalized spacial score (nSPS) is 10.1. The van der Waals surface area contributed by atoms with E-state index >= 15 is 0 Å². The predicted octanol–water partition coefficient (Wildman–Crippen LogP) is 4.03. The molecule has 92 valence electrons. The zero-order valence-electron chi connectivity index (χ0n) is 9.91. The van der Waals surface area contributed by atoms with Gasteiger partial charge < -0.3 is 11.1 Å². The Balaban J connectivity index is 2.42. The second kappa shape index (κ2) is 5.38. The molecule has 0 atom stereocenters. The van der Waals surface area contributed by atoms with E-state index in [0.29, 0.717) is 10.0 Å². The van der Waals surface area contributed by atoms with E-state index in [2.05, 4.69) is 5.32 Å². The molecule has 0 bridgehead atoms. The van der Waals surface area contributed by atoms with Gasteiger partial charge in [-0.05, 0) is 36.8 Å². The number of benzene rings is 2. The molecule has 0 heterocycles. The molecule has 0 aliphatic rings. The number of hydrogen-bond acceptors (Lipinski definition) is 2. The molecule has 18 heavy (non-hydrogen) atoms. The fourth-order valence-electron chi connectivity index (χ4n) is 1.75. The van der Waals surface area contributed by atoms with E-state index in [1.807, 2.05) is 49.4 Å². The lowest BCUT2D eigenvalue weighted by atomic mass is 10.1. The maximum atomic E-state index is 5.96. The highest BCUT2D eigenvalue weighted by atomic mass is 35.5. The lowest BCUT2D eigenvalue weighted by molar-refractivity contribution is 1.41. The van der Waals surface area contributed by atoms with Gasteiger partial charge in [0, 0.05) is 16.3 Å². The number of rotatable bonds is 3. The largest absolute Gasteiger partial charge is 0.389 e. The molecule has 2 aromatic carbocycles. The van der Waals surface area contributed by atoms with Crippen LogP contribution in [0.4, 0.5) is 11.4 Å². The van der Waals surface area contributed by atoms with Crippen LogP contribution in [0.2, 0.25) is 5.02 Å². The van der Waals surface area contributed by atoms with Crippen molar-refractivity contribution in [3.05, 3.63) is 58.6 Å². The summed E-state index contributed by atoms with van der Waals surface area (Å²) in [5, 5.41) is 4.00. The van der Waals surface area contributed by atoms with Crippen molar-refractivity contribution in [3.63, 3.8) is 0 Å². The first kappa shape index (κ1) is 12.9. The van der Waals surface area contributed by atoms with Crippen molar-refractivity contribution >= 4 is 40.2 Å². The highest BCUT2D eigenvalue weighted by Gasteiger charge is 2.08. The summed E-state index contributed by atoms with van der Waals surface area (Å²) < 4.78 is 0. The molecular formula is C14H13ClN2S. The molecule has 0 amide bonds. The maximum absolute atomic E-state index is 5.96. The first-order chi connectivity index (χ1) is 8.58. The van der Waals surface area contributed by atoms with Crippen molar-refractivity contribution in [1.29, 1.82) is 0 Å². The van der Waals surface area contributed by atoms with Crippen LogP contribution in [-0.4, -0.2) is 4.99 Å². The van der Waals surface area contributed by atoms with Gasteiger partial charge >= 0.3 is 0 Å². The van der Waals surface area contributed by atoms with Crippen LogP contribution in [-0.2, 0) is 0 Å². The summed E-state index contributed by atoms with van der Waals surface area (Å²) >= 11 is 11.0. The summed E-state index contributed by atoms with van der Waals surface area (Å²) in [7, 11) is 0. The van der Waals surface area contributed by atoms with Crippen LogP contribution in [0.25, 0.3) is 0 Å². The highest BCUT2D eigenvalue weighted by molar-refractivity contribution is 7.80. The van der Waals surface area contributed by atoms with Crippen molar-refractivity contribution < 1.29 is 0 Å². The Kier molecular flexibility index (Phi) is 3.84. The monoisotopic (exact) mass is 276 g/mol. The molecule has 4 heteroatoms. The molecule has 0 aliphatic carbocycles. The van der Waals surface area contributed by atoms with E-state index in [0.717, 1.165) is 22.5 Å². The quantitative estimate of drug-likeness (QED) is 0.832. The van der Waals surface area contributed by atoms with Crippen LogP contribution in [0.1, 0.15) is 11.1 Å². The SMILES string of the molecule is Cc1cccc(C(N)=S)c1Nc1cccc(Cl)c1. The van der Waals surface area contributed by atoms with E-state index in [1.165, 1.54) is 0 Å². The summed E-state index contributed by atoms with van der Waals surface area (Å²) in [5.74, 6) is 0. The zero-order chi connectivity index (χ0) is 13.1. The van der Waals surface area contributed by atoms with E-state index in [-0.39, 0.29) is 0 Å². The molecule has 0 spiro atoms. The van der Waals surface area contributed by atoms with Gasteiger partial charge in [-0.3, -0.25) is 0 Å². The maximum Gasteiger partial charge on any atom is 0.106 e. The van der Waals surface area contributed by atoms with E-state index in [4.69, 9.17) is 29.6 Å². The summed E-state index contributed by atoms with van der Waals surface area (Å²) in [6.45, 7) is 2.01.